The Morgan fingerprint density at radius 1 is 1.09 bits per heavy atom. The number of hydrogen-bond donors (Lipinski definition) is 0. The highest BCUT2D eigenvalue weighted by Crippen LogP contribution is 2.42. The molecule has 1 amide bonds. The summed E-state index contributed by atoms with van der Waals surface area (Å²) in [6, 6.07) is 8.02. The monoisotopic (exact) mass is 473 g/mol. The van der Waals surface area contributed by atoms with Crippen LogP contribution in [-0.4, -0.2) is 46.8 Å². The number of benzene rings is 1. The van der Waals surface area contributed by atoms with Crippen molar-refractivity contribution in [3.05, 3.63) is 59.2 Å². The molecule has 0 unspecified atom stereocenters. The van der Waals surface area contributed by atoms with Crippen LogP contribution in [0.5, 0.6) is 0 Å². The van der Waals surface area contributed by atoms with E-state index in [9.17, 15) is 22.8 Å². The Hall–Kier alpha value is -3.56. The van der Waals surface area contributed by atoms with E-state index in [2.05, 4.69) is 5.10 Å². The van der Waals surface area contributed by atoms with Crippen LogP contribution in [0.2, 0.25) is 0 Å². The first kappa shape index (κ1) is 22.2. The van der Waals surface area contributed by atoms with Gasteiger partial charge in [0, 0.05) is 36.2 Å². The Kier molecular flexibility index (Phi) is 5.45. The van der Waals surface area contributed by atoms with Crippen LogP contribution < -0.4 is 0 Å². The van der Waals surface area contributed by atoms with Gasteiger partial charge >= 0.3 is 12.1 Å². The fourth-order valence-electron chi connectivity index (χ4n) is 4.77. The summed E-state index contributed by atoms with van der Waals surface area (Å²) in [6.07, 6.45) is -1.49. The molecule has 10 heteroatoms. The van der Waals surface area contributed by atoms with E-state index in [1.807, 2.05) is 0 Å². The largest absolute Gasteiger partial charge is 0.469 e. The third-order valence-electron chi connectivity index (χ3n) is 6.53. The van der Waals surface area contributed by atoms with Crippen LogP contribution in [0.1, 0.15) is 40.2 Å². The Morgan fingerprint density at radius 3 is 2.44 bits per heavy atom. The summed E-state index contributed by atoms with van der Waals surface area (Å²) in [4.78, 5) is 26.3. The van der Waals surface area contributed by atoms with Gasteiger partial charge in [-0.3, -0.25) is 9.59 Å². The average molecular weight is 473 g/mol. The third-order valence-corrected chi connectivity index (χ3v) is 6.53. The van der Waals surface area contributed by atoms with Gasteiger partial charge in [-0.05, 0) is 49.6 Å². The molecule has 1 aliphatic heterocycles. The predicted octanol–water partition coefficient (Wildman–Crippen LogP) is 4.27. The Balaban J connectivity index is 1.42. The van der Waals surface area contributed by atoms with E-state index in [-0.39, 0.29) is 29.8 Å². The van der Waals surface area contributed by atoms with Crippen molar-refractivity contribution in [2.24, 2.45) is 5.92 Å². The van der Waals surface area contributed by atoms with Crippen LogP contribution in [-0.2, 0) is 28.5 Å². The number of hydrogen-bond acceptors (Lipinski definition) is 5. The highest BCUT2D eigenvalue weighted by Gasteiger charge is 2.41. The molecule has 0 saturated carbocycles. The molecule has 2 aromatic heterocycles. The van der Waals surface area contributed by atoms with Gasteiger partial charge in [-0.25, -0.2) is 4.68 Å². The number of furan rings is 1. The number of esters is 1. The second-order valence-electron chi connectivity index (χ2n) is 8.48. The van der Waals surface area contributed by atoms with Gasteiger partial charge in [-0.2, -0.15) is 18.3 Å². The Labute approximate surface area is 193 Å². The van der Waals surface area contributed by atoms with Crippen molar-refractivity contribution in [1.82, 2.24) is 14.7 Å². The number of carbonyl (C=O) groups excluding carboxylic acids is 2. The summed E-state index contributed by atoms with van der Waals surface area (Å²) in [5.74, 6) is -0.0361. The summed E-state index contributed by atoms with van der Waals surface area (Å²) in [5, 5.41) is 3.92. The number of nitrogens with zero attached hydrogens (tertiary/aromatic N) is 3. The van der Waals surface area contributed by atoms with Crippen molar-refractivity contribution in [2.75, 3.05) is 20.2 Å². The minimum absolute atomic E-state index is 0.148. The quantitative estimate of drug-likeness (QED) is 0.531. The molecule has 0 atom stereocenters. The molecule has 34 heavy (non-hydrogen) atoms. The van der Waals surface area contributed by atoms with Crippen LogP contribution in [0.3, 0.4) is 0 Å². The summed E-state index contributed by atoms with van der Waals surface area (Å²) in [5.41, 5.74) is 1.05. The molecule has 1 fully saturated rings. The van der Waals surface area contributed by atoms with Crippen LogP contribution in [0.4, 0.5) is 13.2 Å². The molecule has 1 saturated heterocycles. The first-order chi connectivity index (χ1) is 16.3. The zero-order valence-corrected chi connectivity index (χ0v) is 18.4. The maximum Gasteiger partial charge on any atom is 0.435 e. The number of amides is 1. The molecule has 5 rings (SSSR count). The number of ether oxygens (including phenoxy) is 1. The Morgan fingerprint density at radius 2 is 1.79 bits per heavy atom. The summed E-state index contributed by atoms with van der Waals surface area (Å²) in [6.45, 7) is 0.871. The maximum atomic E-state index is 13.7. The topological polar surface area (TPSA) is 77.6 Å². The van der Waals surface area contributed by atoms with Gasteiger partial charge in [0.2, 0.25) is 0 Å². The first-order valence-electron chi connectivity index (χ1n) is 11.0. The highest BCUT2D eigenvalue weighted by molar-refractivity contribution is 5.94. The number of halogens is 3. The second kappa shape index (κ2) is 8.34. The van der Waals surface area contributed by atoms with Crippen molar-refractivity contribution < 1.29 is 31.9 Å². The van der Waals surface area contributed by atoms with Crippen LogP contribution in [0.25, 0.3) is 16.9 Å². The summed E-state index contributed by atoms with van der Waals surface area (Å²) >= 11 is 0. The lowest BCUT2D eigenvalue weighted by Crippen LogP contribution is -2.40. The Bertz CT molecular complexity index is 1240. The molecule has 0 N–H and O–H groups in total. The predicted molar refractivity (Wildman–Crippen MR) is 114 cm³/mol. The number of carbonyl (C=O) groups is 2. The standard InChI is InChI=1S/C24H22F3N3O4/c1-33-23(32)15-8-11-29(12-9-15)22(31)14-2-4-16(5-3-14)30-20-17-10-13-34-19(17)7-6-18(20)21(28-30)24(25,26)27/h2-5,10,13,15H,6-9,11-12H2,1H3. The highest BCUT2D eigenvalue weighted by atomic mass is 19.4. The minimum atomic E-state index is -4.58. The van der Waals surface area contributed by atoms with E-state index in [1.165, 1.54) is 18.1 Å². The number of aryl methyl sites for hydroxylation is 1. The van der Waals surface area contributed by atoms with E-state index in [0.717, 1.165) is 0 Å². The van der Waals surface area contributed by atoms with Gasteiger partial charge in [0.05, 0.1) is 30.7 Å². The molecule has 0 radical (unpaired) electrons. The van der Waals surface area contributed by atoms with Crippen molar-refractivity contribution in [3.63, 3.8) is 0 Å². The van der Waals surface area contributed by atoms with Gasteiger partial charge in [0.25, 0.3) is 5.91 Å². The molecular weight excluding hydrogens is 451 g/mol. The summed E-state index contributed by atoms with van der Waals surface area (Å²) < 4.78 is 52.6. The molecule has 1 aromatic carbocycles. The number of piperidine rings is 1. The lowest BCUT2D eigenvalue weighted by atomic mass is 9.94. The van der Waals surface area contributed by atoms with E-state index in [1.54, 1.807) is 35.2 Å². The lowest BCUT2D eigenvalue weighted by molar-refractivity contribution is -0.147. The fraction of sp³-hybridized carbons (Fsp3) is 0.375. The number of rotatable bonds is 3. The normalized spacial score (nSPS) is 16.2. The van der Waals surface area contributed by atoms with E-state index >= 15 is 0 Å². The zero-order valence-electron chi connectivity index (χ0n) is 18.4. The molecule has 2 aliphatic rings. The SMILES string of the molecule is COC(=O)C1CCN(C(=O)c2ccc(-n3nc(C(F)(F)F)c4c3-c3ccoc3CC4)cc2)CC1. The number of methoxy groups -OCH3 is 1. The molecule has 0 bridgehead atoms. The maximum absolute atomic E-state index is 13.7. The lowest BCUT2D eigenvalue weighted by Gasteiger charge is -2.30. The number of aromatic nitrogens is 2. The summed E-state index contributed by atoms with van der Waals surface area (Å²) in [7, 11) is 1.35. The van der Waals surface area contributed by atoms with Gasteiger partial charge in [-0.15, -0.1) is 0 Å². The van der Waals surface area contributed by atoms with E-state index in [4.69, 9.17) is 9.15 Å². The van der Waals surface area contributed by atoms with Gasteiger partial charge in [0.1, 0.15) is 5.76 Å². The second-order valence-corrected chi connectivity index (χ2v) is 8.48. The zero-order chi connectivity index (χ0) is 24.0. The third kappa shape index (κ3) is 3.76. The van der Waals surface area contributed by atoms with Crippen molar-refractivity contribution in [2.45, 2.75) is 31.9 Å². The molecular formula is C24H22F3N3O4. The minimum Gasteiger partial charge on any atom is -0.469 e. The number of fused-ring (bicyclic) bond motifs is 3. The average Bonchev–Trinajstić information content (AvgIpc) is 3.47. The molecule has 7 nitrogen and oxygen atoms in total. The molecule has 0 spiro atoms. The fourth-order valence-corrected chi connectivity index (χ4v) is 4.77. The molecule has 1 aliphatic carbocycles. The molecule has 178 valence electrons. The van der Waals surface area contributed by atoms with Crippen molar-refractivity contribution in [3.8, 4) is 16.9 Å². The molecule has 3 aromatic rings. The first-order valence-corrected chi connectivity index (χ1v) is 11.0. The van der Waals surface area contributed by atoms with Crippen LogP contribution in [0.15, 0.2) is 41.0 Å². The number of likely N-dealkylation sites (tertiary alicyclic amines) is 1. The molecule has 3 heterocycles. The van der Waals surface area contributed by atoms with Gasteiger partial charge in [0.15, 0.2) is 5.69 Å². The van der Waals surface area contributed by atoms with Gasteiger partial charge < -0.3 is 14.1 Å². The van der Waals surface area contributed by atoms with E-state index < -0.39 is 11.9 Å². The smallest absolute Gasteiger partial charge is 0.435 e. The van der Waals surface area contributed by atoms with Crippen molar-refractivity contribution in [1.29, 1.82) is 0 Å². The van der Waals surface area contributed by atoms with E-state index in [0.29, 0.717) is 60.6 Å². The van der Waals surface area contributed by atoms with Crippen LogP contribution in [0, 0.1) is 5.92 Å². The van der Waals surface area contributed by atoms with Crippen molar-refractivity contribution >= 4 is 11.9 Å². The van der Waals surface area contributed by atoms with Gasteiger partial charge in [-0.1, -0.05) is 0 Å². The van der Waals surface area contributed by atoms with Crippen LogP contribution >= 0.6 is 0 Å². The number of alkyl halides is 3.